The van der Waals surface area contributed by atoms with Crippen molar-refractivity contribution >= 4 is 0 Å². The SMILES string of the molecule is Fc1ccc([CH]CCCC(F)(F)F)cc1. The van der Waals surface area contributed by atoms with Crippen molar-refractivity contribution in [3.05, 3.63) is 42.1 Å². The third-order valence-corrected chi connectivity index (χ3v) is 1.91. The standard InChI is InChI=1S/C11H11F4/c12-10-6-4-9(5-7-10)3-1-2-8-11(13,14)15/h3-7H,1-2,8H2. The summed E-state index contributed by atoms with van der Waals surface area (Å²) in [7, 11) is 0. The Morgan fingerprint density at radius 2 is 1.67 bits per heavy atom. The summed E-state index contributed by atoms with van der Waals surface area (Å²) >= 11 is 0. The summed E-state index contributed by atoms with van der Waals surface area (Å²) < 4.78 is 47.8. The van der Waals surface area contributed by atoms with E-state index < -0.39 is 12.6 Å². The minimum absolute atomic E-state index is 0.0703. The van der Waals surface area contributed by atoms with Crippen LogP contribution in [0.3, 0.4) is 0 Å². The van der Waals surface area contributed by atoms with E-state index in [1.54, 1.807) is 18.6 Å². The number of alkyl halides is 3. The minimum atomic E-state index is -4.09. The van der Waals surface area contributed by atoms with Gasteiger partial charge in [0.05, 0.1) is 0 Å². The van der Waals surface area contributed by atoms with E-state index in [0.29, 0.717) is 6.42 Å². The van der Waals surface area contributed by atoms with Gasteiger partial charge in [0, 0.05) is 6.42 Å². The van der Waals surface area contributed by atoms with E-state index in [-0.39, 0.29) is 12.2 Å². The maximum Gasteiger partial charge on any atom is 0.389 e. The lowest BCUT2D eigenvalue weighted by Crippen LogP contribution is -2.06. The normalized spacial score (nSPS) is 11.7. The van der Waals surface area contributed by atoms with E-state index in [1.165, 1.54) is 12.1 Å². The molecule has 1 aromatic carbocycles. The van der Waals surface area contributed by atoms with Crippen LogP contribution in [0.2, 0.25) is 0 Å². The molecular weight excluding hydrogens is 208 g/mol. The summed E-state index contributed by atoms with van der Waals surface area (Å²) in [5.41, 5.74) is 0.749. The molecule has 0 aromatic heterocycles. The quantitative estimate of drug-likeness (QED) is 0.528. The molecule has 0 saturated heterocycles. The van der Waals surface area contributed by atoms with Gasteiger partial charge in [-0.05, 0) is 37.0 Å². The average Bonchev–Trinajstić information content (AvgIpc) is 2.14. The van der Waals surface area contributed by atoms with Crippen molar-refractivity contribution in [2.45, 2.75) is 25.4 Å². The molecule has 0 atom stereocenters. The molecule has 1 rings (SSSR count). The highest BCUT2D eigenvalue weighted by molar-refractivity contribution is 5.22. The Kier molecular flexibility index (Phi) is 4.12. The van der Waals surface area contributed by atoms with Crippen LogP contribution in [-0.4, -0.2) is 6.18 Å². The monoisotopic (exact) mass is 219 g/mol. The van der Waals surface area contributed by atoms with Gasteiger partial charge in [0.2, 0.25) is 0 Å². The Balaban J connectivity index is 2.23. The summed E-state index contributed by atoms with van der Waals surface area (Å²) in [4.78, 5) is 0. The maximum absolute atomic E-state index is 12.5. The number of hydrogen-bond donors (Lipinski definition) is 0. The lowest BCUT2D eigenvalue weighted by Gasteiger charge is -2.05. The molecule has 1 aromatic rings. The van der Waals surface area contributed by atoms with Crippen molar-refractivity contribution in [1.29, 1.82) is 0 Å². The molecule has 0 heterocycles. The molecule has 0 N–H and O–H groups in total. The predicted molar refractivity (Wildman–Crippen MR) is 49.7 cm³/mol. The number of rotatable bonds is 4. The zero-order valence-electron chi connectivity index (χ0n) is 8.02. The zero-order chi connectivity index (χ0) is 11.3. The van der Waals surface area contributed by atoms with Crippen LogP contribution in [0.15, 0.2) is 24.3 Å². The third-order valence-electron chi connectivity index (χ3n) is 1.91. The summed E-state index contributed by atoms with van der Waals surface area (Å²) in [6.07, 6.45) is -2.77. The molecule has 0 saturated carbocycles. The lowest BCUT2D eigenvalue weighted by molar-refractivity contribution is -0.135. The Morgan fingerprint density at radius 3 is 2.20 bits per heavy atom. The zero-order valence-corrected chi connectivity index (χ0v) is 8.02. The van der Waals surface area contributed by atoms with Crippen molar-refractivity contribution in [2.24, 2.45) is 0 Å². The first-order valence-corrected chi connectivity index (χ1v) is 4.63. The molecule has 0 aliphatic rings. The second-order valence-corrected chi connectivity index (χ2v) is 3.26. The van der Waals surface area contributed by atoms with E-state index in [1.807, 2.05) is 0 Å². The number of hydrogen-bond acceptors (Lipinski definition) is 0. The van der Waals surface area contributed by atoms with Gasteiger partial charge in [0.15, 0.2) is 0 Å². The van der Waals surface area contributed by atoms with E-state index in [4.69, 9.17) is 0 Å². The van der Waals surface area contributed by atoms with Crippen molar-refractivity contribution in [2.75, 3.05) is 0 Å². The fourth-order valence-corrected chi connectivity index (χ4v) is 1.17. The van der Waals surface area contributed by atoms with Gasteiger partial charge in [-0.2, -0.15) is 13.2 Å². The van der Waals surface area contributed by atoms with Crippen LogP contribution < -0.4 is 0 Å². The Morgan fingerprint density at radius 1 is 1.07 bits per heavy atom. The summed E-state index contributed by atoms with van der Waals surface area (Å²) in [6, 6.07) is 5.66. The van der Waals surface area contributed by atoms with Gasteiger partial charge in [0.1, 0.15) is 5.82 Å². The smallest absolute Gasteiger partial charge is 0.207 e. The van der Waals surface area contributed by atoms with Crippen LogP contribution in [0.5, 0.6) is 0 Å². The topological polar surface area (TPSA) is 0 Å². The fraction of sp³-hybridized carbons (Fsp3) is 0.364. The highest BCUT2D eigenvalue weighted by atomic mass is 19.4. The Bertz CT molecular complexity index is 286. The van der Waals surface area contributed by atoms with Gasteiger partial charge in [0.25, 0.3) is 0 Å². The summed E-state index contributed by atoms with van der Waals surface area (Å²) in [5, 5.41) is 0. The molecule has 0 fully saturated rings. The molecule has 0 aliphatic heterocycles. The largest absolute Gasteiger partial charge is 0.389 e. The minimum Gasteiger partial charge on any atom is -0.207 e. The molecule has 0 spiro atoms. The maximum atomic E-state index is 12.5. The van der Waals surface area contributed by atoms with Crippen LogP contribution in [0, 0.1) is 12.2 Å². The molecule has 1 radical (unpaired) electrons. The van der Waals surface area contributed by atoms with Crippen LogP contribution >= 0.6 is 0 Å². The third kappa shape index (κ3) is 5.40. The molecule has 15 heavy (non-hydrogen) atoms. The highest BCUT2D eigenvalue weighted by Gasteiger charge is 2.25. The van der Waals surface area contributed by atoms with Crippen LogP contribution in [0.25, 0.3) is 0 Å². The first-order valence-electron chi connectivity index (χ1n) is 4.63. The van der Waals surface area contributed by atoms with Crippen LogP contribution in [0.1, 0.15) is 24.8 Å². The van der Waals surface area contributed by atoms with Crippen molar-refractivity contribution in [3.8, 4) is 0 Å². The van der Waals surface area contributed by atoms with Crippen LogP contribution in [0.4, 0.5) is 17.6 Å². The van der Waals surface area contributed by atoms with E-state index in [0.717, 1.165) is 5.56 Å². The molecule has 0 nitrogen and oxygen atoms in total. The molecule has 0 amide bonds. The second-order valence-electron chi connectivity index (χ2n) is 3.26. The van der Waals surface area contributed by atoms with E-state index in [2.05, 4.69) is 0 Å². The Labute approximate surface area is 85.9 Å². The molecule has 4 heteroatoms. The van der Waals surface area contributed by atoms with Gasteiger partial charge in [-0.25, -0.2) is 4.39 Å². The Hall–Kier alpha value is -1.06. The number of benzene rings is 1. The lowest BCUT2D eigenvalue weighted by atomic mass is 10.1. The first kappa shape index (κ1) is 12.0. The van der Waals surface area contributed by atoms with Crippen molar-refractivity contribution in [1.82, 2.24) is 0 Å². The second kappa shape index (κ2) is 5.14. The number of unbranched alkanes of at least 4 members (excludes halogenated alkanes) is 1. The van der Waals surface area contributed by atoms with Crippen molar-refractivity contribution < 1.29 is 17.6 Å². The molecule has 0 bridgehead atoms. The highest BCUT2D eigenvalue weighted by Crippen LogP contribution is 2.23. The summed E-state index contributed by atoms with van der Waals surface area (Å²) in [6.45, 7) is 0. The molecule has 0 aliphatic carbocycles. The predicted octanol–water partition coefficient (Wildman–Crippen LogP) is 4.11. The van der Waals surface area contributed by atoms with Gasteiger partial charge >= 0.3 is 6.18 Å². The van der Waals surface area contributed by atoms with Gasteiger partial charge in [-0.3, -0.25) is 0 Å². The fourth-order valence-electron chi connectivity index (χ4n) is 1.17. The first-order chi connectivity index (χ1) is 6.97. The molecule has 83 valence electrons. The van der Waals surface area contributed by atoms with Gasteiger partial charge in [-0.15, -0.1) is 0 Å². The molecule has 0 unspecified atom stereocenters. The average molecular weight is 219 g/mol. The van der Waals surface area contributed by atoms with E-state index >= 15 is 0 Å². The molecular formula is C11H11F4. The van der Waals surface area contributed by atoms with Gasteiger partial charge < -0.3 is 0 Å². The number of halogens is 4. The van der Waals surface area contributed by atoms with E-state index in [9.17, 15) is 17.6 Å². The van der Waals surface area contributed by atoms with Crippen molar-refractivity contribution in [3.63, 3.8) is 0 Å². The van der Waals surface area contributed by atoms with Crippen LogP contribution in [-0.2, 0) is 0 Å². The van der Waals surface area contributed by atoms with Gasteiger partial charge in [-0.1, -0.05) is 12.1 Å². The summed E-state index contributed by atoms with van der Waals surface area (Å²) in [5.74, 6) is -0.345.